The standard InChI is InChI=1S/C16H29N3O2/c1-6-14(7-2)19-12(5)15(9-17-19)16(21)18-13(10-20)8-11(3)4/h9,11,13-14,20H,6-8,10H2,1-5H3,(H,18,21). The second-order valence-electron chi connectivity index (χ2n) is 6.04. The number of aliphatic hydroxyl groups excluding tert-OH is 1. The minimum absolute atomic E-state index is 0.0380. The van der Waals surface area contributed by atoms with Gasteiger partial charge in [0.05, 0.1) is 30.5 Å². The fourth-order valence-electron chi connectivity index (χ4n) is 2.66. The van der Waals surface area contributed by atoms with Crippen LogP contribution in [0.5, 0.6) is 0 Å². The number of nitrogens with one attached hydrogen (secondary N) is 1. The van der Waals surface area contributed by atoms with Gasteiger partial charge in [-0.2, -0.15) is 5.10 Å². The molecule has 120 valence electrons. The fraction of sp³-hybridized carbons (Fsp3) is 0.750. The Morgan fingerprint density at radius 3 is 2.48 bits per heavy atom. The van der Waals surface area contributed by atoms with Gasteiger partial charge in [-0.05, 0) is 32.1 Å². The van der Waals surface area contributed by atoms with Crippen LogP contribution >= 0.6 is 0 Å². The SMILES string of the molecule is CCC(CC)n1ncc(C(=O)NC(CO)CC(C)C)c1C. The van der Waals surface area contributed by atoms with Crippen molar-refractivity contribution in [3.8, 4) is 0 Å². The van der Waals surface area contributed by atoms with E-state index >= 15 is 0 Å². The normalized spacial score (nSPS) is 13.0. The van der Waals surface area contributed by atoms with Gasteiger partial charge in [-0.1, -0.05) is 27.7 Å². The number of carbonyl (C=O) groups is 1. The Labute approximate surface area is 127 Å². The summed E-state index contributed by atoms with van der Waals surface area (Å²) in [5.74, 6) is 0.278. The molecule has 0 fully saturated rings. The van der Waals surface area contributed by atoms with Crippen molar-refractivity contribution < 1.29 is 9.90 Å². The topological polar surface area (TPSA) is 67.2 Å². The number of amides is 1. The van der Waals surface area contributed by atoms with E-state index in [1.165, 1.54) is 0 Å². The van der Waals surface area contributed by atoms with Gasteiger partial charge in [0.25, 0.3) is 5.91 Å². The summed E-state index contributed by atoms with van der Waals surface area (Å²) in [6.45, 7) is 10.3. The molecule has 1 rings (SSSR count). The third kappa shape index (κ3) is 4.56. The molecule has 0 aliphatic carbocycles. The molecule has 1 atom stereocenters. The smallest absolute Gasteiger partial charge is 0.255 e. The molecule has 1 aromatic heterocycles. The predicted octanol–water partition coefficient (Wildman–Crippen LogP) is 2.69. The maximum atomic E-state index is 12.4. The average Bonchev–Trinajstić information content (AvgIpc) is 2.81. The summed E-state index contributed by atoms with van der Waals surface area (Å²) in [5.41, 5.74) is 1.49. The maximum absolute atomic E-state index is 12.4. The molecule has 0 aromatic carbocycles. The van der Waals surface area contributed by atoms with E-state index in [9.17, 15) is 9.90 Å². The lowest BCUT2D eigenvalue weighted by Crippen LogP contribution is -2.38. The monoisotopic (exact) mass is 295 g/mol. The zero-order valence-corrected chi connectivity index (χ0v) is 13.9. The minimum atomic E-state index is -0.201. The molecule has 1 aromatic rings. The summed E-state index contributed by atoms with van der Waals surface area (Å²) in [7, 11) is 0. The van der Waals surface area contributed by atoms with Gasteiger partial charge in [0.2, 0.25) is 0 Å². The van der Waals surface area contributed by atoms with Gasteiger partial charge in [-0.15, -0.1) is 0 Å². The van der Waals surface area contributed by atoms with Gasteiger partial charge in [-0.3, -0.25) is 9.48 Å². The van der Waals surface area contributed by atoms with E-state index in [0.29, 0.717) is 17.5 Å². The van der Waals surface area contributed by atoms with Crippen molar-refractivity contribution in [2.45, 2.75) is 66.0 Å². The van der Waals surface area contributed by atoms with Crippen molar-refractivity contribution in [1.82, 2.24) is 15.1 Å². The Morgan fingerprint density at radius 1 is 1.38 bits per heavy atom. The maximum Gasteiger partial charge on any atom is 0.255 e. The molecule has 0 bridgehead atoms. The van der Waals surface area contributed by atoms with E-state index in [4.69, 9.17) is 0 Å². The Hall–Kier alpha value is -1.36. The zero-order valence-electron chi connectivity index (χ0n) is 13.9. The Morgan fingerprint density at radius 2 is 2.00 bits per heavy atom. The lowest BCUT2D eigenvalue weighted by atomic mass is 10.0. The molecule has 0 radical (unpaired) electrons. The summed E-state index contributed by atoms with van der Waals surface area (Å²) < 4.78 is 1.94. The average molecular weight is 295 g/mol. The van der Waals surface area contributed by atoms with Crippen LogP contribution in [-0.4, -0.2) is 33.4 Å². The molecule has 1 unspecified atom stereocenters. The molecule has 5 nitrogen and oxygen atoms in total. The van der Waals surface area contributed by atoms with Gasteiger partial charge in [0.15, 0.2) is 0 Å². The Bertz CT molecular complexity index is 450. The van der Waals surface area contributed by atoms with E-state index in [0.717, 1.165) is 25.0 Å². The van der Waals surface area contributed by atoms with Crippen LogP contribution in [0.15, 0.2) is 6.20 Å². The summed E-state index contributed by atoms with van der Waals surface area (Å²) in [4.78, 5) is 12.4. The molecule has 0 saturated carbocycles. The van der Waals surface area contributed by atoms with Gasteiger partial charge < -0.3 is 10.4 Å². The highest BCUT2D eigenvalue weighted by atomic mass is 16.3. The van der Waals surface area contributed by atoms with E-state index in [1.807, 2.05) is 11.6 Å². The molecule has 0 spiro atoms. The van der Waals surface area contributed by atoms with Crippen molar-refractivity contribution >= 4 is 5.91 Å². The minimum Gasteiger partial charge on any atom is -0.394 e. The second-order valence-corrected chi connectivity index (χ2v) is 6.04. The van der Waals surface area contributed by atoms with Gasteiger partial charge in [0, 0.05) is 5.69 Å². The van der Waals surface area contributed by atoms with E-state index in [-0.39, 0.29) is 18.6 Å². The lowest BCUT2D eigenvalue weighted by Gasteiger charge is -2.18. The van der Waals surface area contributed by atoms with Crippen LogP contribution in [0.1, 0.15) is 69.1 Å². The highest BCUT2D eigenvalue weighted by Crippen LogP contribution is 2.19. The number of carbonyl (C=O) groups excluding carboxylic acids is 1. The van der Waals surface area contributed by atoms with Crippen LogP contribution in [0.3, 0.4) is 0 Å². The van der Waals surface area contributed by atoms with Crippen molar-refractivity contribution in [3.63, 3.8) is 0 Å². The number of hydrogen-bond donors (Lipinski definition) is 2. The molecule has 1 heterocycles. The number of aromatic nitrogens is 2. The number of hydrogen-bond acceptors (Lipinski definition) is 3. The Balaban J connectivity index is 2.83. The molecule has 5 heteroatoms. The van der Waals surface area contributed by atoms with Crippen molar-refractivity contribution in [3.05, 3.63) is 17.5 Å². The van der Waals surface area contributed by atoms with Crippen LogP contribution in [-0.2, 0) is 0 Å². The first-order chi connectivity index (χ1) is 9.94. The predicted molar refractivity (Wildman–Crippen MR) is 84.4 cm³/mol. The quantitative estimate of drug-likeness (QED) is 0.775. The summed E-state index contributed by atoms with van der Waals surface area (Å²) in [6, 6.07) is 0.129. The number of nitrogens with zero attached hydrogens (tertiary/aromatic N) is 2. The van der Waals surface area contributed by atoms with Gasteiger partial charge in [0.1, 0.15) is 0 Å². The molecule has 2 N–H and O–H groups in total. The van der Waals surface area contributed by atoms with Gasteiger partial charge >= 0.3 is 0 Å². The van der Waals surface area contributed by atoms with Crippen molar-refractivity contribution in [1.29, 1.82) is 0 Å². The number of rotatable bonds is 8. The second kappa shape index (κ2) is 8.17. The first-order valence-corrected chi connectivity index (χ1v) is 7.90. The molecule has 0 saturated heterocycles. The largest absolute Gasteiger partial charge is 0.394 e. The highest BCUT2D eigenvalue weighted by molar-refractivity contribution is 5.95. The van der Waals surface area contributed by atoms with Crippen LogP contribution in [0.2, 0.25) is 0 Å². The fourth-order valence-corrected chi connectivity index (χ4v) is 2.66. The third-order valence-electron chi connectivity index (χ3n) is 3.89. The van der Waals surface area contributed by atoms with E-state index in [1.54, 1.807) is 6.20 Å². The summed E-state index contributed by atoms with van der Waals surface area (Å²) >= 11 is 0. The molecule has 0 aliphatic heterocycles. The molecule has 1 amide bonds. The van der Waals surface area contributed by atoms with Crippen LogP contribution in [0.25, 0.3) is 0 Å². The Kier molecular flexibility index (Phi) is 6.89. The first kappa shape index (κ1) is 17.7. The summed E-state index contributed by atoms with van der Waals surface area (Å²) in [6.07, 6.45) is 4.38. The van der Waals surface area contributed by atoms with Crippen molar-refractivity contribution in [2.24, 2.45) is 5.92 Å². The number of aliphatic hydroxyl groups is 1. The molecule has 21 heavy (non-hydrogen) atoms. The lowest BCUT2D eigenvalue weighted by molar-refractivity contribution is 0.0907. The van der Waals surface area contributed by atoms with Crippen LogP contribution in [0, 0.1) is 12.8 Å². The highest BCUT2D eigenvalue weighted by Gasteiger charge is 2.20. The van der Waals surface area contributed by atoms with Crippen molar-refractivity contribution in [2.75, 3.05) is 6.61 Å². The molecular weight excluding hydrogens is 266 g/mol. The van der Waals surface area contributed by atoms with Gasteiger partial charge in [-0.25, -0.2) is 0 Å². The summed E-state index contributed by atoms with van der Waals surface area (Å²) in [5, 5.41) is 16.6. The molecular formula is C16H29N3O2. The van der Waals surface area contributed by atoms with E-state index < -0.39 is 0 Å². The van der Waals surface area contributed by atoms with Crippen LogP contribution in [0.4, 0.5) is 0 Å². The third-order valence-corrected chi connectivity index (χ3v) is 3.89. The zero-order chi connectivity index (χ0) is 16.0. The first-order valence-electron chi connectivity index (χ1n) is 7.90. The van der Waals surface area contributed by atoms with E-state index in [2.05, 4.69) is 38.1 Å². The van der Waals surface area contributed by atoms with Crippen LogP contribution < -0.4 is 5.32 Å². The molecule has 0 aliphatic rings.